The van der Waals surface area contributed by atoms with E-state index in [2.05, 4.69) is 0 Å². The first-order valence-electron chi connectivity index (χ1n) is 2.13. The van der Waals surface area contributed by atoms with Crippen LogP contribution in [-0.2, 0) is 9.59 Å². The zero-order chi connectivity index (χ0) is 7.44. The third-order valence-corrected chi connectivity index (χ3v) is 0.632. The van der Waals surface area contributed by atoms with Gasteiger partial charge in [0, 0.05) is 12.4 Å². The van der Waals surface area contributed by atoms with Gasteiger partial charge in [0.05, 0.1) is 12.1 Å². The van der Waals surface area contributed by atoms with Gasteiger partial charge in [-0.15, -0.1) is 0 Å². The predicted octanol–water partition coefficient (Wildman–Crippen LogP) is -6.65. The van der Waals surface area contributed by atoms with Crippen LogP contribution in [0.1, 0.15) is 7.85 Å². The second-order valence-corrected chi connectivity index (χ2v) is 1.41. The minimum Gasteiger partial charge on any atom is -0.550 e. The number of aliphatic hydroxyl groups excluding tert-OH is 1. The molecule has 1 N–H and O–H groups in total. The summed E-state index contributed by atoms with van der Waals surface area (Å²) in [5.41, 5.74) is 0. The van der Waals surface area contributed by atoms with Gasteiger partial charge >= 0.3 is 52.8 Å². The summed E-state index contributed by atoms with van der Waals surface area (Å²) >= 11 is 0. The van der Waals surface area contributed by atoms with E-state index in [9.17, 15) is 19.8 Å². The number of carbonyl (C=O) groups is 2. The molecule has 0 spiro atoms. The Morgan fingerprint density at radius 1 is 1.50 bits per heavy atom. The van der Waals surface area contributed by atoms with Crippen molar-refractivity contribution in [2.24, 2.45) is 0 Å². The zero-order valence-corrected chi connectivity index (χ0v) is 8.49. The average Bonchev–Trinajstić information content (AvgIpc) is 1.63. The number of carbonyl (C=O) groups excluding carboxylic acids is 2. The number of hydrogen-bond donors (Lipinski definition) is 1. The van der Waals surface area contributed by atoms with Crippen LogP contribution in [-0.4, -0.2) is 23.1 Å². The Kier molecular flexibility index (Phi) is 8.23. The van der Waals surface area contributed by atoms with Crippen LogP contribution in [0.4, 0.5) is 0 Å². The molecule has 5 nitrogen and oxygen atoms in total. The van der Waals surface area contributed by atoms with Gasteiger partial charge in [-0.1, -0.05) is 0 Å². The molecule has 0 fully saturated rings. The Morgan fingerprint density at radius 3 is 2.00 bits per heavy atom. The maximum atomic E-state index is 9.58. The Balaban J connectivity index is -0.000000320. The topological polar surface area (TPSA) is 100 Å². The average molecular weight is 172 g/mol. The monoisotopic (exact) mass is 172 g/mol. The minimum absolute atomic E-state index is 0. The third-order valence-electron chi connectivity index (χ3n) is 0.632. The molecule has 10 heavy (non-hydrogen) atoms. The summed E-state index contributed by atoms with van der Waals surface area (Å²) in [6, 6.07) is 0. The first kappa shape index (κ1) is 13.1. The molecule has 0 aliphatic heterocycles. The van der Waals surface area contributed by atoms with Crippen molar-refractivity contribution in [3.63, 3.8) is 0 Å². The van der Waals surface area contributed by atoms with Crippen molar-refractivity contribution in [1.29, 1.82) is 0 Å². The summed E-state index contributed by atoms with van der Waals surface area (Å²) in [5, 5.41) is 27.3. The Hall–Kier alpha value is 0.536. The van der Waals surface area contributed by atoms with E-state index >= 15 is 0 Å². The molecule has 0 aromatic heterocycles. The van der Waals surface area contributed by atoms with Crippen LogP contribution in [0.2, 0.25) is 0 Å². The van der Waals surface area contributed by atoms with Gasteiger partial charge in [-0.25, -0.2) is 0 Å². The molecule has 0 aromatic carbocycles. The molecule has 0 aliphatic rings. The van der Waals surface area contributed by atoms with E-state index < -0.39 is 24.5 Å². The van der Waals surface area contributed by atoms with Crippen LogP contribution in [0, 0.1) is 0 Å². The van der Waals surface area contributed by atoms with E-state index in [4.69, 9.17) is 5.11 Å². The van der Waals surface area contributed by atoms with Gasteiger partial charge in [-0.3, -0.25) is 0 Å². The fourth-order valence-electron chi connectivity index (χ4n) is 0.241. The SMILES string of the molecule is O=C([O-])CC(O)C(=O)[O-].[H+].[K+]. The summed E-state index contributed by atoms with van der Waals surface area (Å²) in [6.45, 7) is 0. The van der Waals surface area contributed by atoms with Crippen LogP contribution >= 0.6 is 0 Å². The van der Waals surface area contributed by atoms with Crippen molar-refractivity contribution in [3.8, 4) is 0 Å². The summed E-state index contributed by atoms with van der Waals surface area (Å²) in [7, 11) is 0. The molecule has 52 valence electrons. The molecular formula is C4H5KO5. The number of hydrogen-bond acceptors (Lipinski definition) is 5. The quantitative estimate of drug-likeness (QED) is 0.426. The molecule has 0 rings (SSSR count). The van der Waals surface area contributed by atoms with Gasteiger partial charge in [0.1, 0.15) is 0 Å². The van der Waals surface area contributed by atoms with Crippen molar-refractivity contribution in [2.45, 2.75) is 12.5 Å². The standard InChI is InChI=1S/C4H6O5.K/c5-2(4(8)9)1-3(6)7;/h2,5H,1H2,(H,6,7)(H,8,9);/q;+1/p-1. The molecule has 0 aromatic rings. The van der Waals surface area contributed by atoms with Crippen molar-refractivity contribution in [3.05, 3.63) is 0 Å². The molecule has 0 saturated heterocycles. The first-order chi connectivity index (χ1) is 4.04. The van der Waals surface area contributed by atoms with E-state index in [1.807, 2.05) is 0 Å². The molecule has 0 aliphatic carbocycles. The Labute approximate surface area is 101 Å². The largest absolute Gasteiger partial charge is 1.00 e. The summed E-state index contributed by atoms with van der Waals surface area (Å²) in [4.78, 5) is 19.1. The second kappa shape index (κ2) is 6.26. The third kappa shape index (κ3) is 6.65. The van der Waals surface area contributed by atoms with Crippen LogP contribution in [0.5, 0.6) is 0 Å². The van der Waals surface area contributed by atoms with E-state index in [0.717, 1.165) is 0 Å². The molecule has 0 radical (unpaired) electrons. The molecule has 0 amide bonds. The molecule has 1 atom stereocenters. The van der Waals surface area contributed by atoms with Gasteiger partial charge in [0.25, 0.3) is 0 Å². The van der Waals surface area contributed by atoms with Gasteiger partial charge in [0.15, 0.2) is 0 Å². The molecule has 0 saturated carbocycles. The van der Waals surface area contributed by atoms with Gasteiger partial charge in [0.2, 0.25) is 0 Å². The molecule has 0 heterocycles. The van der Waals surface area contributed by atoms with Crippen molar-refractivity contribution < 1.29 is 77.7 Å². The normalized spacial score (nSPS) is 11.3. The van der Waals surface area contributed by atoms with Crippen LogP contribution in [0.3, 0.4) is 0 Å². The number of aliphatic carboxylic acids is 2. The zero-order valence-electron chi connectivity index (χ0n) is 6.36. The van der Waals surface area contributed by atoms with Crippen molar-refractivity contribution >= 4 is 11.9 Å². The summed E-state index contributed by atoms with van der Waals surface area (Å²) in [5.74, 6) is -3.43. The fourth-order valence-corrected chi connectivity index (χ4v) is 0.241. The Bertz CT molecular complexity index is 138. The minimum atomic E-state index is -1.96. The second-order valence-electron chi connectivity index (χ2n) is 1.41. The predicted molar refractivity (Wildman–Crippen MR) is 21.7 cm³/mol. The van der Waals surface area contributed by atoms with E-state index in [0.29, 0.717) is 0 Å². The summed E-state index contributed by atoms with van der Waals surface area (Å²) in [6.07, 6.45) is -2.89. The number of aliphatic hydroxyl groups is 1. The smallest absolute Gasteiger partial charge is 0.550 e. The Morgan fingerprint density at radius 2 is 1.90 bits per heavy atom. The van der Waals surface area contributed by atoms with Crippen LogP contribution in [0.25, 0.3) is 0 Å². The maximum Gasteiger partial charge on any atom is 1.00 e. The van der Waals surface area contributed by atoms with E-state index in [-0.39, 0.29) is 52.8 Å². The first-order valence-corrected chi connectivity index (χ1v) is 2.13. The van der Waals surface area contributed by atoms with Gasteiger partial charge < -0.3 is 24.9 Å². The number of carboxylic acid groups (broad SMARTS) is 2. The molecular weight excluding hydrogens is 167 g/mol. The molecule has 6 heteroatoms. The van der Waals surface area contributed by atoms with Crippen LogP contribution in [0.15, 0.2) is 0 Å². The number of rotatable bonds is 3. The van der Waals surface area contributed by atoms with Gasteiger partial charge in [-0.05, 0) is 0 Å². The molecule has 1 unspecified atom stereocenters. The van der Waals surface area contributed by atoms with Crippen LogP contribution < -0.4 is 61.6 Å². The maximum absolute atomic E-state index is 9.58. The summed E-state index contributed by atoms with van der Waals surface area (Å²) < 4.78 is 0. The van der Waals surface area contributed by atoms with Gasteiger partial charge in [-0.2, -0.15) is 0 Å². The van der Waals surface area contributed by atoms with E-state index in [1.165, 1.54) is 0 Å². The fraction of sp³-hybridized carbons (Fsp3) is 0.500. The van der Waals surface area contributed by atoms with E-state index in [1.54, 1.807) is 0 Å². The van der Waals surface area contributed by atoms with Crippen molar-refractivity contribution in [2.75, 3.05) is 0 Å². The van der Waals surface area contributed by atoms with Crippen molar-refractivity contribution in [1.82, 2.24) is 0 Å². The number of carboxylic acids is 2. The molecule has 0 bridgehead atoms.